The van der Waals surface area contributed by atoms with Crippen LogP contribution in [0, 0.1) is 0 Å². The molecule has 1 N–H and O–H groups in total. The second kappa shape index (κ2) is 11.4. The molecule has 8 nitrogen and oxygen atoms in total. The molecule has 0 radical (unpaired) electrons. The molecule has 1 unspecified atom stereocenters. The Morgan fingerprint density at radius 1 is 1.21 bits per heavy atom. The van der Waals surface area contributed by atoms with Crippen LogP contribution in [-0.4, -0.2) is 50.9 Å². The van der Waals surface area contributed by atoms with Gasteiger partial charge >= 0.3 is 5.97 Å². The summed E-state index contributed by atoms with van der Waals surface area (Å²) in [5.74, 6) is 2.08. The lowest BCUT2D eigenvalue weighted by molar-refractivity contribution is 0.0526. The number of aliphatic hydroxyl groups excluding tert-OH is 1. The van der Waals surface area contributed by atoms with E-state index in [9.17, 15) is 9.90 Å². The van der Waals surface area contributed by atoms with E-state index in [4.69, 9.17) is 13.9 Å². The first-order chi connectivity index (χ1) is 16.2. The number of furan rings is 1. The molecule has 0 bridgehead atoms. The number of carbonyl (C=O) groups excluding carboxylic acids is 1. The highest BCUT2D eigenvalue weighted by Crippen LogP contribution is 2.35. The molecule has 1 atom stereocenters. The number of thioether (sulfide) groups is 1. The molecule has 1 aromatic carbocycles. The summed E-state index contributed by atoms with van der Waals surface area (Å²) in [6, 6.07) is 10.8. The Hall–Kier alpha value is -2.78. The molecule has 0 spiro atoms. The van der Waals surface area contributed by atoms with E-state index >= 15 is 0 Å². The largest absolute Gasteiger partial charge is 0.491 e. The third-order valence-corrected chi connectivity index (χ3v) is 6.65. The lowest BCUT2D eigenvalue weighted by Gasteiger charge is -2.25. The molecule has 33 heavy (non-hydrogen) atoms. The third kappa shape index (κ3) is 5.97. The minimum atomic E-state index is -0.691. The molecule has 2 heterocycles. The molecular formula is C24H29N3O5S. The number of carbonyl (C=O) groups is 1. The fourth-order valence-corrected chi connectivity index (χ4v) is 4.84. The zero-order valence-corrected chi connectivity index (χ0v) is 19.5. The normalized spacial score (nSPS) is 15.3. The molecule has 1 aliphatic carbocycles. The minimum absolute atomic E-state index is 0.133. The third-order valence-electron chi connectivity index (χ3n) is 5.56. The van der Waals surface area contributed by atoms with Crippen molar-refractivity contribution in [3.8, 4) is 17.3 Å². The zero-order valence-electron chi connectivity index (χ0n) is 18.7. The molecule has 0 amide bonds. The van der Waals surface area contributed by atoms with Gasteiger partial charge in [0.25, 0.3) is 0 Å². The van der Waals surface area contributed by atoms with Gasteiger partial charge in [-0.05, 0) is 56.2 Å². The SMILES string of the molecule is CCOC(=O)c1ccc(OCC(O)CSc2nnc(-c3ccco3)n2C2CCCCC2)cc1. The maximum absolute atomic E-state index is 11.7. The Morgan fingerprint density at radius 2 is 2.00 bits per heavy atom. The highest BCUT2D eigenvalue weighted by Gasteiger charge is 2.25. The Morgan fingerprint density at radius 3 is 2.70 bits per heavy atom. The van der Waals surface area contributed by atoms with Gasteiger partial charge in [-0.3, -0.25) is 4.57 Å². The maximum atomic E-state index is 11.7. The van der Waals surface area contributed by atoms with E-state index in [1.54, 1.807) is 37.5 Å². The molecule has 1 aliphatic rings. The van der Waals surface area contributed by atoms with Gasteiger partial charge in [0, 0.05) is 11.8 Å². The van der Waals surface area contributed by atoms with Gasteiger partial charge in [-0.1, -0.05) is 31.0 Å². The summed E-state index contributed by atoms with van der Waals surface area (Å²) in [7, 11) is 0. The number of ether oxygens (including phenoxy) is 2. The fraction of sp³-hybridized carbons (Fsp3) is 0.458. The van der Waals surface area contributed by atoms with Crippen molar-refractivity contribution >= 4 is 17.7 Å². The standard InChI is InChI=1S/C24H29N3O5S/c1-2-30-23(29)17-10-12-20(13-11-17)32-15-19(28)16-33-24-26-25-22(21-9-6-14-31-21)27(24)18-7-4-3-5-8-18/h6,9-14,18-19,28H,2-5,7-8,15-16H2,1H3. The Balaban J connectivity index is 1.35. The van der Waals surface area contributed by atoms with Crippen molar-refractivity contribution in [3.63, 3.8) is 0 Å². The highest BCUT2D eigenvalue weighted by molar-refractivity contribution is 7.99. The minimum Gasteiger partial charge on any atom is -0.491 e. The van der Waals surface area contributed by atoms with E-state index in [1.807, 2.05) is 12.1 Å². The van der Waals surface area contributed by atoms with Gasteiger partial charge in [-0.15, -0.1) is 10.2 Å². The van der Waals surface area contributed by atoms with Crippen molar-refractivity contribution in [1.82, 2.24) is 14.8 Å². The summed E-state index contributed by atoms with van der Waals surface area (Å²) >= 11 is 1.47. The molecule has 176 valence electrons. The number of nitrogens with zero attached hydrogens (tertiary/aromatic N) is 3. The predicted molar refractivity (Wildman–Crippen MR) is 124 cm³/mol. The van der Waals surface area contributed by atoms with Gasteiger partial charge in [0.1, 0.15) is 12.4 Å². The first-order valence-electron chi connectivity index (χ1n) is 11.3. The van der Waals surface area contributed by atoms with Crippen LogP contribution in [0.5, 0.6) is 5.75 Å². The zero-order chi connectivity index (χ0) is 23.0. The summed E-state index contributed by atoms with van der Waals surface area (Å²) in [5.41, 5.74) is 0.467. The number of esters is 1. The number of benzene rings is 1. The Kier molecular flexibility index (Phi) is 8.06. The molecule has 3 aromatic rings. The second-order valence-corrected chi connectivity index (χ2v) is 8.95. The number of aliphatic hydroxyl groups is 1. The van der Waals surface area contributed by atoms with Gasteiger partial charge < -0.3 is 19.0 Å². The summed E-state index contributed by atoms with van der Waals surface area (Å²) < 4.78 is 18.4. The monoisotopic (exact) mass is 471 g/mol. The molecular weight excluding hydrogens is 442 g/mol. The predicted octanol–water partition coefficient (Wildman–Crippen LogP) is 4.75. The molecule has 2 aromatic heterocycles. The van der Waals surface area contributed by atoms with Gasteiger partial charge in [0.15, 0.2) is 10.9 Å². The van der Waals surface area contributed by atoms with Crippen molar-refractivity contribution in [3.05, 3.63) is 48.2 Å². The van der Waals surface area contributed by atoms with Crippen LogP contribution in [-0.2, 0) is 4.74 Å². The summed E-state index contributed by atoms with van der Waals surface area (Å²) in [4.78, 5) is 11.7. The van der Waals surface area contributed by atoms with Gasteiger partial charge in [-0.2, -0.15) is 0 Å². The number of rotatable bonds is 10. The van der Waals surface area contributed by atoms with Gasteiger partial charge in [0.05, 0.1) is 24.5 Å². The van der Waals surface area contributed by atoms with Gasteiger partial charge in [-0.25, -0.2) is 4.79 Å². The Labute approximate surface area is 197 Å². The van der Waals surface area contributed by atoms with Crippen LogP contribution in [0.2, 0.25) is 0 Å². The number of hydrogen-bond acceptors (Lipinski definition) is 8. The Bertz CT molecular complexity index is 1010. The fourth-order valence-electron chi connectivity index (χ4n) is 3.93. The van der Waals surface area contributed by atoms with Crippen molar-refractivity contribution in [1.29, 1.82) is 0 Å². The van der Waals surface area contributed by atoms with Crippen molar-refractivity contribution in [2.24, 2.45) is 0 Å². The van der Waals surface area contributed by atoms with Crippen LogP contribution in [0.25, 0.3) is 11.6 Å². The average Bonchev–Trinajstić information content (AvgIpc) is 3.52. The maximum Gasteiger partial charge on any atom is 0.338 e. The quantitative estimate of drug-likeness (QED) is 0.334. The topological polar surface area (TPSA) is 99.6 Å². The van der Waals surface area contributed by atoms with E-state index < -0.39 is 6.10 Å². The molecule has 4 rings (SSSR count). The molecule has 1 fully saturated rings. The van der Waals surface area contributed by atoms with E-state index in [0.29, 0.717) is 35.5 Å². The highest BCUT2D eigenvalue weighted by atomic mass is 32.2. The molecule has 0 saturated heterocycles. The number of hydrogen-bond donors (Lipinski definition) is 1. The van der Waals surface area contributed by atoms with Crippen LogP contribution in [0.15, 0.2) is 52.2 Å². The first kappa shape index (κ1) is 23.4. The number of aromatic nitrogens is 3. The van der Waals surface area contributed by atoms with E-state index in [-0.39, 0.29) is 12.6 Å². The van der Waals surface area contributed by atoms with Crippen LogP contribution in [0.3, 0.4) is 0 Å². The molecule has 0 aliphatic heterocycles. The second-order valence-electron chi connectivity index (χ2n) is 7.97. The average molecular weight is 472 g/mol. The van der Waals surface area contributed by atoms with Crippen molar-refractivity contribution < 1.29 is 23.8 Å². The van der Waals surface area contributed by atoms with Crippen LogP contribution in [0.1, 0.15) is 55.4 Å². The summed E-state index contributed by atoms with van der Waals surface area (Å²) in [6.45, 7) is 2.23. The first-order valence-corrected chi connectivity index (χ1v) is 12.3. The molecule has 1 saturated carbocycles. The van der Waals surface area contributed by atoms with Crippen molar-refractivity contribution in [2.75, 3.05) is 19.0 Å². The van der Waals surface area contributed by atoms with Gasteiger partial charge in [0.2, 0.25) is 5.82 Å². The van der Waals surface area contributed by atoms with Crippen LogP contribution in [0.4, 0.5) is 0 Å². The summed E-state index contributed by atoms with van der Waals surface area (Å²) in [5, 5.41) is 20.1. The smallest absolute Gasteiger partial charge is 0.338 e. The van der Waals surface area contributed by atoms with E-state index in [0.717, 1.165) is 23.8 Å². The lowest BCUT2D eigenvalue weighted by Crippen LogP contribution is -2.21. The molecule has 9 heteroatoms. The van der Waals surface area contributed by atoms with Crippen LogP contribution >= 0.6 is 11.8 Å². The van der Waals surface area contributed by atoms with E-state index in [1.165, 1.54) is 31.0 Å². The van der Waals surface area contributed by atoms with Crippen LogP contribution < -0.4 is 4.74 Å². The van der Waals surface area contributed by atoms with E-state index in [2.05, 4.69) is 14.8 Å². The lowest BCUT2D eigenvalue weighted by atomic mass is 9.95. The van der Waals surface area contributed by atoms with Crippen molar-refractivity contribution in [2.45, 2.75) is 56.3 Å². The summed E-state index contributed by atoms with van der Waals surface area (Å²) in [6.07, 6.45) is 6.77.